The van der Waals surface area contributed by atoms with Crippen LogP contribution in [0.4, 0.5) is 10.1 Å². The number of aryl methyl sites for hydroxylation is 1. The molecule has 0 aliphatic carbocycles. The van der Waals surface area contributed by atoms with Gasteiger partial charge in [-0.3, -0.25) is 9.59 Å². The van der Waals surface area contributed by atoms with Crippen molar-refractivity contribution >= 4 is 17.6 Å². The summed E-state index contributed by atoms with van der Waals surface area (Å²) in [4.78, 5) is 43.0. The molecule has 1 spiro atoms. The zero-order valence-electron chi connectivity index (χ0n) is 20.0. The number of carbonyl (C=O) groups excluding carboxylic acids is 2. The fourth-order valence-corrected chi connectivity index (χ4v) is 5.28. The molecule has 1 unspecified atom stereocenters. The number of nitrogens with two attached hydrogens (primary N) is 1. The van der Waals surface area contributed by atoms with Gasteiger partial charge in [-0.2, -0.15) is 0 Å². The van der Waals surface area contributed by atoms with E-state index in [1.165, 1.54) is 15.5 Å². The number of benzene rings is 2. The largest absolute Gasteiger partial charge is 0.465 e. The number of pyridine rings is 1. The van der Waals surface area contributed by atoms with E-state index < -0.39 is 28.7 Å². The number of para-hydroxylation sites is 1. The number of hydrogen-bond acceptors (Lipinski definition) is 6. The lowest BCUT2D eigenvalue weighted by Crippen LogP contribution is -2.52. The predicted molar refractivity (Wildman–Crippen MR) is 130 cm³/mol. The molecule has 5 rings (SSSR count). The van der Waals surface area contributed by atoms with Crippen LogP contribution in [0.5, 0.6) is 5.75 Å². The van der Waals surface area contributed by atoms with E-state index in [1.54, 1.807) is 62.4 Å². The number of rotatable bonds is 4. The second-order valence-electron chi connectivity index (χ2n) is 8.66. The predicted octanol–water partition coefficient (Wildman–Crippen LogP) is 2.88. The maximum Gasteiger partial charge on any atom is 0.340 e. The van der Waals surface area contributed by atoms with Crippen LogP contribution in [0, 0.1) is 12.7 Å². The van der Waals surface area contributed by atoms with E-state index in [-0.39, 0.29) is 34.9 Å². The Morgan fingerprint density at radius 3 is 2.53 bits per heavy atom. The first kappa shape index (κ1) is 23.3. The van der Waals surface area contributed by atoms with Crippen LogP contribution in [-0.2, 0) is 32.8 Å². The molecule has 0 saturated heterocycles. The maximum absolute atomic E-state index is 14.6. The summed E-state index contributed by atoms with van der Waals surface area (Å²) in [7, 11) is 1.16. The highest BCUT2D eigenvalue weighted by atomic mass is 19.1. The van der Waals surface area contributed by atoms with Crippen LogP contribution in [0.3, 0.4) is 0 Å². The maximum atomic E-state index is 14.6. The highest BCUT2D eigenvalue weighted by molar-refractivity contribution is 6.18. The van der Waals surface area contributed by atoms with Crippen LogP contribution >= 0.6 is 0 Å². The standard InChI is InChI=1S/C27H24FN3O5/c1-4-30-15(2)13-20-21(24(30)32)27(22(23(29)36-20)25(33)35-3)17-10-6-8-12-19(17)31(26(27)34)14-16-9-5-7-11-18(16)28/h5-13H,4,14,29H2,1-3H3. The van der Waals surface area contributed by atoms with Crippen molar-refractivity contribution < 1.29 is 23.5 Å². The Labute approximate surface area is 206 Å². The fourth-order valence-electron chi connectivity index (χ4n) is 5.28. The Balaban J connectivity index is 1.88. The number of ether oxygens (including phenoxy) is 2. The lowest BCUT2D eigenvalue weighted by atomic mass is 9.68. The minimum absolute atomic E-state index is 0.0296. The zero-order valence-corrected chi connectivity index (χ0v) is 20.0. The quantitative estimate of drug-likeness (QED) is 0.566. The normalized spacial score (nSPS) is 18.2. The topological polar surface area (TPSA) is 104 Å². The minimum atomic E-state index is -1.94. The van der Waals surface area contributed by atoms with Crippen LogP contribution in [-0.4, -0.2) is 23.6 Å². The number of halogens is 1. The average molecular weight is 490 g/mol. The van der Waals surface area contributed by atoms with Crippen molar-refractivity contribution in [2.75, 3.05) is 12.0 Å². The number of nitrogens with zero attached hydrogens (tertiary/aromatic N) is 2. The first-order valence-corrected chi connectivity index (χ1v) is 11.4. The molecule has 8 nitrogen and oxygen atoms in total. The summed E-state index contributed by atoms with van der Waals surface area (Å²) in [6.45, 7) is 3.75. The molecule has 0 saturated carbocycles. The molecule has 3 aromatic rings. The summed E-state index contributed by atoms with van der Waals surface area (Å²) < 4.78 is 26.9. The number of carbonyl (C=O) groups is 2. The Hall–Kier alpha value is -4.40. The van der Waals surface area contributed by atoms with Gasteiger partial charge in [0.2, 0.25) is 11.8 Å². The molecule has 1 aromatic heterocycles. The Kier molecular flexibility index (Phi) is 5.43. The van der Waals surface area contributed by atoms with Crippen LogP contribution < -0.4 is 20.9 Å². The van der Waals surface area contributed by atoms with Crippen molar-refractivity contribution in [2.24, 2.45) is 5.73 Å². The van der Waals surface area contributed by atoms with Crippen molar-refractivity contribution in [1.82, 2.24) is 4.57 Å². The Morgan fingerprint density at radius 1 is 1.14 bits per heavy atom. The number of anilines is 1. The molecular formula is C27H24FN3O5. The fraction of sp³-hybridized carbons (Fsp3) is 0.222. The average Bonchev–Trinajstić information content (AvgIpc) is 3.08. The molecule has 0 fully saturated rings. The molecule has 0 bridgehead atoms. The number of aromatic nitrogens is 1. The number of hydrogen-bond donors (Lipinski definition) is 1. The zero-order chi connectivity index (χ0) is 25.8. The van der Waals surface area contributed by atoms with E-state index in [2.05, 4.69) is 0 Å². The lowest BCUT2D eigenvalue weighted by molar-refractivity contribution is -0.138. The first-order chi connectivity index (χ1) is 17.3. The number of esters is 1. The third-order valence-corrected chi connectivity index (χ3v) is 6.84. The van der Waals surface area contributed by atoms with E-state index in [0.717, 1.165) is 7.11 Å². The molecule has 184 valence electrons. The highest BCUT2D eigenvalue weighted by Gasteiger charge is 2.62. The number of amides is 1. The van der Waals surface area contributed by atoms with Crippen LogP contribution in [0.2, 0.25) is 0 Å². The van der Waals surface area contributed by atoms with Gasteiger partial charge in [0, 0.05) is 35.1 Å². The van der Waals surface area contributed by atoms with Gasteiger partial charge in [0.15, 0.2) is 0 Å². The van der Waals surface area contributed by atoms with E-state index in [0.29, 0.717) is 23.5 Å². The molecule has 0 radical (unpaired) electrons. The van der Waals surface area contributed by atoms with Gasteiger partial charge in [-0.05, 0) is 26.0 Å². The van der Waals surface area contributed by atoms with E-state index in [4.69, 9.17) is 15.2 Å². The van der Waals surface area contributed by atoms with E-state index >= 15 is 0 Å². The molecule has 9 heteroatoms. The third kappa shape index (κ3) is 3.02. The van der Waals surface area contributed by atoms with Gasteiger partial charge < -0.3 is 24.7 Å². The van der Waals surface area contributed by atoms with Crippen LogP contribution in [0.25, 0.3) is 0 Å². The monoisotopic (exact) mass is 489 g/mol. The molecule has 36 heavy (non-hydrogen) atoms. The second-order valence-corrected chi connectivity index (χ2v) is 8.66. The molecule has 2 aromatic carbocycles. The van der Waals surface area contributed by atoms with Crippen molar-refractivity contribution in [3.05, 3.63) is 105 Å². The number of fused-ring (bicyclic) bond motifs is 4. The molecule has 2 aliphatic rings. The lowest BCUT2D eigenvalue weighted by Gasteiger charge is -2.36. The Bertz CT molecular complexity index is 1530. The SMILES string of the molecule is CCn1c(C)cc2c(c1=O)C1(C(=O)N(Cc3ccccc3F)c3ccccc31)C(C(=O)OC)=C(N)O2. The summed E-state index contributed by atoms with van der Waals surface area (Å²) in [6, 6.07) is 14.5. The molecule has 3 heterocycles. The van der Waals surface area contributed by atoms with Gasteiger partial charge >= 0.3 is 5.97 Å². The van der Waals surface area contributed by atoms with Gasteiger partial charge in [-0.15, -0.1) is 0 Å². The number of methoxy groups -OCH3 is 1. The van der Waals surface area contributed by atoms with Crippen molar-refractivity contribution in [3.8, 4) is 5.75 Å². The van der Waals surface area contributed by atoms with Crippen molar-refractivity contribution in [3.63, 3.8) is 0 Å². The molecule has 1 amide bonds. The summed E-state index contributed by atoms with van der Waals surface area (Å²) in [5.41, 5.74) is 5.19. The van der Waals surface area contributed by atoms with Crippen LogP contribution in [0.1, 0.15) is 29.3 Å². The summed E-state index contributed by atoms with van der Waals surface area (Å²) in [5.74, 6) is -2.26. The summed E-state index contributed by atoms with van der Waals surface area (Å²) in [5, 5.41) is 0. The minimum Gasteiger partial charge on any atom is -0.465 e. The highest BCUT2D eigenvalue weighted by Crippen LogP contribution is 2.54. The Morgan fingerprint density at radius 2 is 1.83 bits per heavy atom. The summed E-state index contributed by atoms with van der Waals surface area (Å²) >= 11 is 0. The third-order valence-electron chi connectivity index (χ3n) is 6.84. The van der Waals surface area contributed by atoms with Gasteiger partial charge in [-0.1, -0.05) is 36.4 Å². The van der Waals surface area contributed by atoms with E-state index in [9.17, 15) is 18.8 Å². The van der Waals surface area contributed by atoms with Crippen molar-refractivity contribution in [1.29, 1.82) is 0 Å². The van der Waals surface area contributed by atoms with Gasteiger partial charge in [0.05, 0.1) is 19.2 Å². The molecule has 1 atom stereocenters. The van der Waals surface area contributed by atoms with E-state index in [1.807, 2.05) is 0 Å². The smallest absolute Gasteiger partial charge is 0.340 e. The molecule has 2 aliphatic heterocycles. The molecule has 2 N–H and O–H groups in total. The van der Waals surface area contributed by atoms with Crippen LogP contribution in [0.15, 0.2) is 70.8 Å². The van der Waals surface area contributed by atoms with Gasteiger partial charge in [-0.25, -0.2) is 9.18 Å². The second kappa shape index (κ2) is 8.37. The summed E-state index contributed by atoms with van der Waals surface area (Å²) in [6.07, 6.45) is 0. The van der Waals surface area contributed by atoms with Crippen molar-refractivity contribution in [2.45, 2.75) is 32.4 Å². The van der Waals surface area contributed by atoms with Gasteiger partial charge in [0.25, 0.3) is 5.56 Å². The molecular weight excluding hydrogens is 465 g/mol. The first-order valence-electron chi connectivity index (χ1n) is 11.4. The van der Waals surface area contributed by atoms with Gasteiger partial charge in [0.1, 0.15) is 22.6 Å².